The van der Waals surface area contributed by atoms with Crippen LogP contribution in [0.25, 0.3) is 0 Å². The molecule has 1 amide bonds. The smallest absolute Gasteiger partial charge is 0.304 e. The lowest BCUT2D eigenvalue weighted by Crippen LogP contribution is -2.35. The summed E-state index contributed by atoms with van der Waals surface area (Å²) in [6, 6.07) is 3.14. The van der Waals surface area contributed by atoms with Crippen molar-refractivity contribution < 1.29 is 14.1 Å². The van der Waals surface area contributed by atoms with Crippen molar-refractivity contribution in [3.63, 3.8) is 0 Å². The van der Waals surface area contributed by atoms with Crippen LogP contribution >= 0.6 is 0 Å². The van der Waals surface area contributed by atoms with Gasteiger partial charge in [-0.25, -0.2) is 0 Å². The highest BCUT2D eigenvalue weighted by atomic mass is 19.1. The van der Waals surface area contributed by atoms with E-state index in [0.717, 1.165) is 31.6 Å². The Hall–Kier alpha value is -2.02. The second-order valence-corrected chi connectivity index (χ2v) is 4.61. The van der Waals surface area contributed by atoms with Crippen molar-refractivity contribution in [1.82, 2.24) is 10.2 Å². The predicted octanol–water partition coefficient (Wildman–Crippen LogP) is 2.20. The standard InChI is InChI=1S/C14H20FN3O3/c1-3-8-17(4-2)9-7-16-14(19)11-5-6-13(18(20)21)12(15)10-11/h5-6,10H,3-4,7-9H2,1-2H3,(H,16,19). The Morgan fingerprint density at radius 2 is 2.10 bits per heavy atom. The Labute approximate surface area is 123 Å². The molecule has 0 spiro atoms. The van der Waals surface area contributed by atoms with E-state index in [4.69, 9.17) is 0 Å². The van der Waals surface area contributed by atoms with Crippen LogP contribution in [0.4, 0.5) is 10.1 Å². The molecule has 0 radical (unpaired) electrons. The molecule has 0 saturated carbocycles. The highest BCUT2D eigenvalue weighted by molar-refractivity contribution is 5.94. The van der Waals surface area contributed by atoms with E-state index in [2.05, 4.69) is 17.1 Å². The number of amides is 1. The summed E-state index contributed by atoms with van der Waals surface area (Å²) in [6.07, 6.45) is 1.04. The van der Waals surface area contributed by atoms with Crippen LogP contribution in [0, 0.1) is 15.9 Å². The Morgan fingerprint density at radius 3 is 2.62 bits per heavy atom. The normalized spacial score (nSPS) is 10.7. The first kappa shape index (κ1) is 17.0. The van der Waals surface area contributed by atoms with Gasteiger partial charge in [-0.15, -0.1) is 0 Å². The van der Waals surface area contributed by atoms with Gasteiger partial charge in [-0.1, -0.05) is 13.8 Å². The number of nitrogens with zero attached hydrogens (tertiary/aromatic N) is 2. The van der Waals surface area contributed by atoms with Gasteiger partial charge in [0.1, 0.15) is 0 Å². The molecule has 0 aliphatic carbocycles. The van der Waals surface area contributed by atoms with Crippen molar-refractivity contribution in [2.24, 2.45) is 0 Å². The van der Waals surface area contributed by atoms with Gasteiger partial charge in [0.25, 0.3) is 5.91 Å². The first-order valence-electron chi connectivity index (χ1n) is 6.94. The Bertz CT molecular complexity index is 508. The third-order valence-corrected chi connectivity index (χ3v) is 3.11. The number of rotatable bonds is 8. The van der Waals surface area contributed by atoms with Crippen LogP contribution in [0.1, 0.15) is 30.6 Å². The van der Waals surface area contributed by atoms with Gasteiger partial charge in [-0.2, -0.15) is 4.39 Å². The number of nitrogens with one attached hydrogen (secondary N) is 1. The van der Waals surface area contributed by atoms with Crippen molar-refractivity contribution in [2.75, 3.05) is 26.2 Å². The zero-order valence-electron chi connectivity index (χ0n) is 12.3. The molecule has 0 heterocycles. The van der Waals surface area contributed by atoms with Crippen LogP contribution in [0.3, 0.4) is 0 Å². The van der Waals surface area contributed by atoms with E-state index in [0.29, 0.717) is 13.1 Å². The molecular weight excluding hydrogens is 277 g/mol. The summed E-state index contributed by atoms with van der Waals surface area (Å²) in [5.41, 5.74) is -0.553. The van der Waals surface area contributed by atoms with E-state index in [1.807, 2.05) is 6.92 Å². The zero-order valence-corrected chi connectivity index (χ0v) is 12.3. The fourth-order valence-corrected chi connectivity index (χ4v) is 1.97. The number of carbonyl (C=O) groups is 1. The molecule has 21 heavy (non-hydrogen) atoms. The molecule has 0 unspecified atom stereocenters. The van der Waals surface area contributed by atoms with Crippen LogP contribution in [-0.4, -0.2) is 41.9 Å². The quantitative estimate of drug-likeness (QED) is 0.589. The van der Waals surface area contributed by atoms with Gasteiger partial charge < -0.3 is 10.2 Å². The summed E-state index contributed by atoms with van der Waals surface area (Å²) in [6.45, 7) is 7.15. The fourth-order valence-electron chi connectivity index (χ4n) is 1.97. The zero-order chi connectivity index (χ0) is 15.8. The van der Waals surface area contributed by atoms with Gasteiger partial charge in [-0.3, -0.25) is 14.9 Å². The number of nitro groups is 1. The average molecular weight is 297 g/mol. The van der Waals surface area contributed by atoms with E-state index in [1.165, 1.54) is 6.07 Å². The molecule has 1 aromatic rings. The summed E-state index contributed by atoms with van der Waals surface area (Å²) >= 11 is 0. The molecule has 0 saturated heterocycles. The van der Waals surface area contributed by atoms with E-state index in [-0.39, 0.29) is 5.56 Å². The van der Waals surface area contributed by atoms with E-state index in [1.54, 1.807) is 0 Å². The topological polar surface area (TPSA) is 75.5 Å². The Morgan fingerprint density at radius 1 is 1.38 bits per heavy atom. The summed E-state index contributed by atoms with van der Waals surface area (Å²) in [5.74, 6) is -1.44. The second-order valence-electron chi connectivity index (χ2n) is 4.61. The summed E-state index contributed by atoms with van der Waals surface area (Å²) < 4.78 is 13.4. The highest BCUT2D eigenvalue weighted by Gasteiger charge is 2.16. The van der Waals surface area contributed by atoms with Crippen molar-refractivity contribution in [1.29, 1.82) is 0 Å². The molecule has 0 aliphatic rings. The van der Waals surface area contributed by atoms with Crippen LogP contribution in [0.5, 0.6) is 0 Å². The van der Waals surface area contributed by atoms with Gasteiger partial charge in [0.05, 0.1) is 4.92 Å². The molecule has 0 fully saturated rings. The minimum absolute atomic E-state index is 0.0802. The number of hydrogen-bond donors (Lipinski definition) is 1. The maximum Gasteiger partial charge on any atom is 0.304 e. The summed E-state index contributed by atoms with van der Waals surface area (Å²) in [7, 11) is 0. The van der Waals surface area contributed by atoms with Crippen molar-refractivity contribution in [3.05, 3.63) is 39.7 Å². The van der Waals surface area contributed by atoms with Crippen LogP contribution < -0.4 is 5.32 Å². The number of likely N-dealkylation sites (N-methyl/N-ethyl adjacent to an activating group) is 1. The minimum Gasteiger partial charge on any atom is -0.351 e. The molecule has 116 valence electrons. The van der Waals surface area contributed by atoms with E-state index >= 15 is 0 Å². The predicted molar refractivity (Wildman–Crippen MR) is 77.8 cm³/mol. The third kappa shape index (κ3) is 5.11. The number of hydrogen-bond acceptors (Lipinski definition) is 4. The third-order valence-electron chi connectivity index (χ3n) is 3.11. The van der Waals surface area contributed by atoms with Crippen molar-refractivity contribution in [3.8, 4) is 0 Å². The molecule has 6 nitrogen and oxygen atoms in total. The lowest BCUT2D eigenvalue weighted by Gasteiger charge is -2.19. The van der Waals surface area contributed by atoms with E-state index < -0.39 is 22.3 Å². The maximum absolute atomic E-state index is 13.4. The Kier molecular flexibility index (Phi) is 6.74. The fraction of sp³-hybridized carbons (Fsp3) is 0.500. The van der Waals surface area contributed by atoms with Gasteiger partial charge >= 0.3 is 5.69 Å². The number of nitro benzene ring substituents is 1. The lowest BCUT2D eigenvalue weighted by atomic mass is 10.2. The molecular formula is C14H20FN3O3. The molecule has 0 aromatic heterocycles. The molecule has 0 atom stereocenters. The van der Waals surface area contributed by atoms with Crippen LogP contribution in [0.15, 0.2) is 18.2 Å². The van der Waals surface area contributed by atoms with Gasteiger partial charge in [0, 0.05) is 24.7 Å². The summed E-state index contributed by atoms with van der Waals surface area (Å²) in [4.78, 5) is 23.7. The molecule has 0 bridgehead atoms. The van der Waals surface area contributed by atoms with Gasteiger partial charge in [-0.05, 0) is 31.6 Å². The van der Waals surface area contributed by atoms with Crippen molar-refractivity contribution >= 4 is 11.6 Å². The Balaban J connectivity index is 2.56. The average Bonchev–Trinajstić information content (AvgIpc) is 2.45. The maximum atomic E-state index is 13.4. The molecule has 1 N–H and O–H groups in total. The molecule has 1 rings (SSSR count). The number of benzene rings is 1. The van der Waals surface area contributed by atoms with Gasteiger partial charge in [0.2, 0.25) is 5.82 Å². The minimum atomic E-state index is -1.01. The van der Waals surface area contributed by atoms with Crippen LogP contribution in [0.2, 0.25) is 0 Å². The monoisotopic (exact) mass is 297 g/mol. The number of carbonyl (C=O) groups excluding carboxylic acids is 1. The SMILES string of the molecule is CCCN(CC)CCNC(=O)c1ccc([N+](=O)[O-])c(F)c1. The van der Waals surface area contributed by atoms with Gasteiger partial charge in [0.15, 0.2) is 0 Å². The molecule has 1 aromatic carbocycles. The molecule has 7 heteroatoms. The molecule has 0 aliphatic heterocycles. The largest absolute Gasteiger partial charge is 0.351 e. The summed E-state index contributed by atoms with van der Waals surface area (Å²) in [5, 5.41) is 13.2. The highest BCUT2D eigenvalue weighted by Crippen LogP contribution is 2.17. The van der Waals surface area contributed by atoms with Crippen LogP contribution in [-0.2, 0) is 0 Å². The first-order chi connectivity index (χ1) is 9.99. The first-order valence-corrected chi connectivity index (χ1v) is 6.94. The number of halogens is 1. The van der Waals surface area contributed by atoms with Crippen molar-refractivity contribution in [2.45, 2.75) is 20.3 Å². The van der Waals surface area contributed by atoms with E-state index in [9.17, 15) is 19.3 Å². The lowest BCUT2D eigenvalue weighted by molar-refractivity contribution is -0.387. The second kappa shape index (κ2) is 8.31.